The van der Waals surface area contributed by atoms with E-state index in [0.29, 0.717) is 13.0 Å². The van der Waals surface area contributed by atoms with Gasteiger partial charge < -0.3 is 15.0 Å². The topological polar surface area (TPSA) is 41.6 Å². The zero-order valence-electron chi connectivity index (χ0n) is 13.7. The van der Waals surface area contributed by atoms with Gasteiger partial charge in [0.05, 0.1) is 6.10 Å². The molecule has 0 fully saturated rings. The van der Waals surface area contributed by atoms with Gasteiger partial charge in [-0.3, -0.25) is 4.79 Å². The van der Waals surface area contributed by atoms with Crippen LogP contribution in [0.4, 0.5) is 0 Å². The fraction of sp³-hybridized carbons (Fsp3) is 0.588. The van der Waals surface area contributed by atoms with Gasteiger partial charge in [0, 0.05) is 32.6 Å². The van der Waals surface area contributed by atoms with Gasteiger partial charge in [-0.25, -0.2) is 0 Å². The second-order valence-electron chi connectivity index (χ2n) is 5.30. The molecule has 0 aliphatic rings. The summed E-state index contributed by atoms with van der Waals surface area (Å²) < 4.78 is 5.61. The van der Waals surface area contributed by atoms with E-state index in [1.165, 1.54) is 5.56 Å². The molecule has 0 spiro atoms. The van der Waals surface area contributed by atoms with Crippen molar-refractivity contribution in [1.82, 2.24) is 10.2 Å². The van der Waals surface area contributed by atoms with E-state index in [1.54, 1.807) is 0 Å². The highest BCUT2D eigenvalue weighted by Crippen LogP contribution is 2.13. The number of amides is 1. The van der Waals surface area contributed by atoms with Crippen LogP contribution in [0.25, 0.3) is 0 Å². The summed E-state index contributed by atoms with van der Waals surface area (Å²) >= 11 is 0. The van der Waals surface area contributed by atoms with Gasteiger partial charge in [-0.2, -0.15) is 0 Å². The Labute approximate surface area is 128 Å². The van der Waals surface area contributed by atoms with Gasteiger partial charge in [-0.05, 0) is 45.4 Å². The lowest BCUT2D eigenvalue weighted by atomic mass is 10.2. The summed E-state index contributed by atoms with van der Waals surface area (Å²) in [4.78, 5) is 13.7. The van der Waals surface area contributed by atoms with Gasteiger partial charge in [-0.1, -0.05) is 12.1 Å². The van der Waals surface area contributed by atoms with Crippen molar-refractivity contribution in [3.8, 4) is 5.75 Å². The number of nitrogens with one attached hydrogen (secondary N) is 1. The van der Waals surface area contributed by atoms with Crippen molar-refractivity contribution in [1.29, 1.82) is 0 Å². The molecule has 118 valence electrons. The summed E-state index contributed by atoms with van der Waals surface area (Å²) in [5.74, 6) is 1.11. The van der Waals surface area contributed by atoms with Gasteiger partial charge in [0.2, 0.25) is 5.91 Å². The quantitative estimate of drug-likeness (QED) is 0.712. The highest BCUT2D eigenvalue weighted by atomic mass is 16.5. The van der Waals surface area contributed by atoms with Crippen LogP contribution in [-0.2, 0) is 11.3 Å². The molecule has 1 rings (SSSR count). The van der Waals surface area contributed by atoms with Crippen molar-refractivity contribution in [3.05, 3.63) is 29.8 Å². The molecule has 1 amide bonds. The van der Waals surface area contributed by atoms with Crippen LogP contribution in [0.1, 0.15) is 39.7 Å². The predicted molar refractivity (Wildman–Crippen MR) is 86.5 cm³/mol. The molecule has 0 aliphatic carbocycles. The van der Waals surface area contributed by atoms with E-state index in [4.69, 9.17) is 4.74 Å². The molecule has 0 aliphatic heterocycles. The molecule has 0 saturated heterocycles. The average molecular weight is 292 g/mol. The third-order valence-corrected chi connectivity index (χ3v) is 3.26. The molecule has 1 aromatic rings. The monoisotopic (exact) mass is 292 g/mol. The Morgan fingerprint density at radius 1 is 1.19 bits per heavy atom. The third-order valence-electron chi connectivity index (χ3n) is 3.26. The van der Waals surface area contributed by atoms with Gasteiger partial charge in [0.1, 0.15) is 5.75 Å². The van der Waals surface area contributed by atoms with Crippen LogP contribution in [0, 0.1) is 0 Å². The molecule has 0 aromatic heterocycles. The van der Waals surface area contributed by atoms with E-state index < -0.39 is 0 Å². The lowest BCUT2D eigenvalue weighted by molar-refractivity contribution is -0.130. The van der Waals surface area contributed by atoms with Crippen molar-refractivity contribution in [2.75, 3.05) is 19.6 Å². The Morgan fingerprint density at radius 2 is 1.81 bits per heavy atom. The Balaban J connectivity index is 2.28. The summed E-state index contributed by atoms with van der Waals surface area (Å²) in [6.07, 6.45) is 0.746. The van der Waals surface area contributed by atoms with E-state index in [2.05, 4.69) is 17.4 Å². The van der Waals surface area contributed by atoms with Gasteiger partial charge in [-0.15, -0.1) is 0 Å². The maximum Gasteiger partial charge on any atom is 0.223 e. The summed E-state index contributed by atoms with van der Waals surface area (Å²) in [7, 11) is 0. The molecule has 0 radical (unpaired) electrons. The SMILES string of the molecule is CCN(CC)C(=O)CCNCc1ccc(OC(C)C)cc1. The Hall–Kier alpha value is -1.55. The van der Waals surface area contributed by atoms with Crippen LogP contribution >= 0.6 is 0 Å². The molecule has 4 heteroatoms. The van der Waals surface area contributed by atoms with Crippen molar-refractivity contribution in [3.63, 3.8) is 0 Å². The molecule has 0 bridgehead atoms. The first-order chi connectivity index (χ1) is 10.1. The van der Waals surface area contributed by atoms with E-state index in [9.17, 15) is 4.79 Å². The largest absolute Gasteiger partial charge is 0.491 e. The third kappa shape index (κ3) is 6.63. The molecule has 0 heterocycles. The van der Waals surface area contributed by atoms with Crippen molar-refractivity contribution < 1.29 is 9.53 Å². The summed E-state index contributed by atoms with van der Waals surface area (Å²) in [5.41, 5.74) is 1.20. The van der Waals surface area contributed by atoms with Gasteiger partial charge >= 0.3 is 0 Å². The molecule has 0 saturated carbocycles. The molecule has 0 atom stereocenters. The molecule has 1 aromatic carbocycles. The first-order valence-corrected chi connectivity index (χ1v) is 7.80. The zero-order chi connectivity index (χ0) is 15.7. The summed E-state index contributed by atoms with van der Waals surface area (Å²) in [5, 5.41) is 3.31. The number of ether oxygens (including phenoxy) is 1. The number of carbonyl (C=O) groups is 1. The minimum Gasteiger partial charge on any atom is -0.491 e. The molecule has 21 heavy (non-hydrogen) atoms. The number of hydrogen-bond donors (Lipinski definition) is 1. The van der Waals surface area contributed by atoms with Crippen LogP contribution in [0.15, 0.2) is 24.3 Å². The second-order valence-corrected chi connectivity index (χ2v) is 5.30. The van der Waals surface area contributed by atoms with E-state index >= 15 is 0 Å². The first-order valence-electron chi connectivity index (χ1n) is 7.80. The van der Waals surface area contributed by atoms with Crippen LogP contribution in [0.2, 0.25) is 0 Å². The fourth-order valence-corrected chi connectivity index (χ4v) is 2.12. The summed E-state index contributed by atoms with van der Waals surface area (Å²) in [6.45, 7) is 11.1. The smallest absolute Gasteiger partial charge is 0.223 e. The van der Waals surface area contributed by atoms with Crippen LogP contribution in [-0.4, -0.2) is 36.5 Å². The molecule has 1 N–H and O–H groups in total. The minimum atomic E-state index is 0.195. The minimum absolute atomic E-state index is 0.195. The number of rotatable bonds is 9. The standard InChI is InChI=1S/C17H28N2O2/c1-5-19(6-2)17(20)11-12-18-13-15-7-9-16(10-8-15)21-14(3)4/h7-10,14,18H,5-6,11-13H2,1-4H3. The normalized spacial score (nSPS) is 10.7. The Morgan fingerprint density at radius 3 is 2.33 bits per heavy atom. The van der Waals surface area contributed by atoms with Crippen molar-refractivity contribution in [2.24, 2.45) is 0 Å². The maximum atomic E-state index is 11.8. The van der Waals surface area contributed by atoms with E-state index in [1.807, 2.05) is 44.7 Å². The second kappa shape index (κ2) is 9.40. The number of benzene rings is 1. The Kier molecular flexibility index (Phi) is 7.83. The number of carbonyl (C=O) groups excluding carboxylic acids is 1. The van der Waals surface area contributed by atoms with E-state index in [-0.39, 0.29) is 12.0 Å². The highest BCUT2D eigenvalue weighted by Gasteiger charge is 2.08. The van der Waals surface area contributed by atoms with Gasteiger partial charge in [0.25, 0.3) is 0 Å². The predicted octanol–water partition coefficient (Wildman–Crippen LogP) is 2.82. The lowest BCUT2D eigenvalue weighted by Crippen LogP contribution is -2.32. The molecular formula is C17H28N2O2. The molecule has 0 unspecified atom stereocenters. The maximum absolute atomic E-state index is 11.8. The first kappa shape index (κ1) is 17.5. The number of hydrogen-bond acceptors (Lipinski definition) is 3. The Bertz CT molecular complexity index is 411. The summed E-state index contributed by atoms with van der Waals surface area (Å²) in [6, 6.07) is 8.07. The van der Waals surface area contributed by atoms with E-state index in [0.717, 1.165) is 25.4 Å². The number of nitrogens with zero attached hydrogens (tertiary/aromatic N) is 1. The van der Waals surface area contributed by atoms with Crippen molar-refractivity contribution in [2.45, 2.75) is 46.8 Å². The fourth-order valence-electron chi connectivity index (χ4n) is 2.12. The van der Waals surface area contributed by atoms with Crippen molar-refractivity contribution >= 4 is 5.91 Å². The van der Waals surface area contributed by atoms with Crippen LogP contribution in [0.3, 0.4) is 0 Å². The van der Waals surface area contributed by atoms with Gasteiger partial charge in [0.15, 0.2) is 0 Å². The lowest BCUT2D eigenvalue weighted by Gasteiger charge is -2.18. The average Bonchev–Trinajstić information content (AvgIpc) is 2.46. The highest BCUT2D eigenvalue weighted by molar-refractivity contribution is 5.76. The van der Waals surface area contributed by atoms with Crippen LogP contribution in [0.5, 0.6) is 5.75 Å². The zero-order valence-corrected chi connectivity index (χ0v) is 13.7. The molecular weight excluding hydrogens is 264 g/mol. The van der Waals surface area contributed by atoms with Crippen LogP contribution < -0.4 is 10.1 Å². The molecule has 4 nitrogen and oxygen atoms in total.